The van der Waals surface area contributed by atoms with Crippen LogP contribution in [0.15, 0.2) is 71.6 Å². The van der Waals surface area contributed by atoms with Gasteiger partial charge >= 0.3 is 0 Å². The lowest BCUT2D eigenvalue weighted by Gasteiger charge is -2.37. The first-order valence-corrected chi connectivity index (χ1v) is 13.4. The highest BCUT2D eigenvalue weighted by atomic mass is 16.4. The maximum Gasteiger partial charge on any atom is 0.298 e. The third-order valence-electron chi connectivity index (χ3n) is 7.45. The van der Waals surface area contributed by atoms with Gasteiger partial charge in [0, 0.05) is 56.7 Å². The van der Waals surface area contributed by atoms with Crippen LogP contribution in [-0.4, -0.2) is 64.3 Å². The quantitative estimate of drug-likeness (QED) is 0.347. The fraction of sp³-hybridized carbons (Fsp3) is 0.300. The number of nitrogens with zero attached hydrogens (tertiary/aromatic N) is 6. The van der Waals surface area contributed by atoms with E-state index in [1.807, 2.05) is 59.2 Å². The molecule has 1 fully saturated rings. The number of amides is 1. The van der Waals surface area contributed by atoms with Crippen LogP contribution in [0, 0.1) is 0 Å². The van der Waals surface area contributed by atoms with Crippen molar-refractivity contribution in [2.75, 3.05) is 42.5 Å². The first kappa shape index (κ1) is 24.8. The van der Waals surface area contributed by atoms with Gasteiger partial charge in [0.05, 0.1) is 12.2 Å². The number of oxazole rings is 1. The van der Waals surface area contributed by atoms with E-state index in [0.717, 1.165) is 41.3 Å². The van der Waals surface area contributed by atoms with E-state index in [0.29, 0.717) is 56.3 Å². The fourth-order valence-corrected chi connectivity index (χ4v) is 5.22. The van der Waals surface area contributed by atoms with E-state index >= 15 is 0 Å². The van der Waals surface area contributed by atoms with Crippen LogP contribution in [-0.2, 0) is 13.0 Å². The molecule has 0 spiro atoms. The van der Waals surface area contributed by atoms with Gasteiger partial charge in [-0.1, -0.05) is 49.4 Å². The number of aromatic nitrogens is 3. The predicted molar refractivity (Wildman–Crippen MR) is 148 cm³/mol. The molecular formula is C30H30N6O3. The maximum atomic E-state index is 13.4. The van der Waals surface area contributed by atoms with Gasteiger partial charge in [0.25, 0.3) is 11.9 Å². The molecule has 0 atom stereocenters. The molecule has 4 heterocycles. The lowest BCUT2D eigenvalue weighted by Crippen LogP contribution is -2.48. The Kier molecular flexibility index (Phi) is 6.79. The summed E-state index contributed by atoms with van der Waals surface area (Å²) < 4.78 is 5.58. The summed E-state index contributed by atoms with van der Waals surface area (Å²) in [6.45, 7) is 5.74. The topological polar surface area (TPSA) is 95.7 Å². The van der Waals surface area contributed by atoms with Gasteiger partial charge in [-0.3, -0.25) is 9.59 Å². The van der Waals surface area contributed by atoms with Gasteiger partial charge in [-0.05, 0) is 23.3 Å². The van der Waals surface area contributed by atoms with E-state index in [1.54, 1.807) is 6.33 Å². The van der Waals surface area contributed by atoms with Crippen LogP contribution in [0.1, 0.15) is 45.4 Å². The molecule has 0 bridgehead atoms. The molecule has 0 unspecified atom stereocenters. The molecule has 2 aromatic heterocycles. The van der Waals surface area contributed by atoms with Gasteiger partial charge in [-0.2, -0.15) is 4.98 Å². The monoisotopic (exact) mass is 522 g/mol. The van der Waals surface area contributed by atoms with Gasteiger partial charge in [-0.25, -0.2) is 9.97 Å². The van der Waals surface area contributed by atoms with Gasteiger partial charge in [0.2, 0.25) is 0 Å². The summed E-state index contributed by atoms with van der Waals surface area (Å²) in [5.74, 6) is 0.870. The summed E-state index contributed by atoms with van der Waals surface area (Å²) in [5, 5.41) is 0. The molecule has 1 amide bonds. The predicted octanol–water partition coefficient (Wildman–Crippen LogP) is 4.25. The molecule has 198 valence electrons. The highest BCUT2D eigenvalue weighted by molar-refractivity contribution is 5.95. The molecule has 9 nitrogen and oxygen atoms in total. The largest absolute Gasteiger partial charge is 0.431 e. The number of carbonyl (C=O) groups excluding carboxylic acids is 2. The zero-order chi connectivity index (χ0) is 26.8. The van der Waals surface area contributed by atoms with Gasteiger partial charge in [0.1, 0.15) is 24.1 Å². The van der Waals surface area contributed by atoms with Crippen molar-refractivity contribution in [3.05, 3.63) is 89.7 Å². The van der Waals surface area contributed by atoms with Gasteiger partial charge < -0.3 is 19.1 Å². The molecule has 4 aromatic rings. The normalized spacial score (nSPS) is 15.3. The van der Waals surface area contributed by atoms with E-state index in [2.05, 4.69) is 32.0 Å². The summed E-state index contributed by atoms with van der Waals surface area (Å²) in [5.41, 5.74) is 5.28. The van der Waals surface area contributed by atoms with Crippen molar-refractivity contribution < 1.29 is 14.0 Å². The minimum Gasteiger partial charge on any atom is -0.431 e. The average molecular weight is 523 g/mol. The SMILES string of the molecule is CCC(=O)c1coc(N2CCN(c3ncnc4c3CN(C(=O)c3ccc(-c5ccccc5)cc3)CC4)CC2)n1. The number of hydrogen-bond acceptors (Lipinski definition) is 8. The van der Waals surface area contributed by atoms with Gasteiger partial charge in [0.15, 0.2) is 5.78 Å². The summed E-state index contributed by atoms with van der Waals surface area (Å²) in [7, 11) is 0. The number of ketones is 1. The molecule has 2 aromatic carbocycles. The summed E-state index contributed by atoms with van der Waals surface area (Å²) in [6, 6.07) is 18.4. The molecule has 0 radical (unpaired) electrons. The van der Waals surface area contributed by atoms with Crippen LogP contribution < -0.4 is 9.80 Å². The third kappa shape index (κ3) is 4.99. The minimum atomic E-state index is -0.0255. The van der Waals surface area contributed by atoms with Gasteiger partial charge in [-0.15, -0.1) is 0 Å². The van der Waals surface area contributed by atoms with Crippen LogP contribution in [0.25, 0.3) is 11.1 Å². The minimum absolute atomic E-state index is 0.0150. The zero-order valence-corrected chi connectivity index (χ0v) is 21.9. The Morgan fingerprint density at radius 3 is 2.33 bits per heavy atom. The first-order valence-electron chi connectivity index (χ1n) is 13.4. The lowest BCUT2D eigenvalue weighted by molar-refractivity contribution is 0.0733. The number of benzene rings is 2. The molecule has 0 aliphatic carbocycles. The number of piperazine rings is 1. The highest BCUT2D eigenvalue weighted by Gasteiger charge is 2.29. The number of anilines is 2. The molecule has 1 saturated heterocycles. The van der Waals surface area contributed by atoms with Crippen molar-refractivity contribution in [3.63, 3.8) is 0 Å². The molecule has 2 aliphatic rings. The Hall–Kier alpha value is -4.53. The zero-order valence-electron chi connectivity index (χ0n) is 21.9. The Morgan fingerprint density at radius 2 is 1.59 bits per heavy atom. The standard InChI is InChI=1S/C30H30N6O3/c1-2-27(37)26-19-39-30(33-26)35-16-14-34(15-17-35)28-24-18-36(13-12-25(24)31-20-32-28)29(38)23-10-8-22(9-11-23)21-6-4-3-5-7-21/h3-11,19-20H,2,12-18H2,1H3. The number of hydrogen-bond donors (Lipinski definition) is 0. The molecule has 0 saturated carbocycles. The summed E-state index contributed by atoms with van der Waals surface area (Å²) in [4.78, 5) is 45.1. The number of Topliss-reactive ketones (excluding diaryl/α,β-unsaturated/α-hetero) is 1. The van der Waals surface area contributed by atoms with E-state index in [4.69, 9.17) is 4.42 Å². The van der Waals surface area contributed by atoms with Crippen molar-refractivity contribution in [1.29, 1.82) is 0 Å². The van der Waals surface area contributed by atoms with Crippen molar-refractivity contribution in [1.82, 2.24) is 19.9 Å². The van der Waals surface area contributed by atoms with Crippen molar-refractivity contribution in [3.8, 4) is 11.1 Å². The first-order chi connectivity index (χ1) is 19.1. The third-order valence-corrected chi connectivity index (χ3v) is 7.45. The second kappa shape index (κ2) is 10.7. The highest BCUT2D eigenvalue weighted by Crippen LogP contribution is 2.29. The van der Waals surface area contributed by atoms with E-state index in [1.165, 1.54) is 6.26 Å². The van der Waals surface area contributed by atoms with Crippen LogP contribution in [0.5, 0.6) is 0 Å². The molecule has 0 N–H and O–H groups in total. The average Bonchev–Trinajstić information content (AvgIpc) is 3.51. The van der Waals surface area contributed by atoms with Crippen molar-refractivity contribution in [2.24, 2.45) is 0 Å². The van der Waals surface area contributed by atoms with Crippen LogP contribution in [0.2, 0.25) is 0 Å². The molecule has 6 rings (SSSR count). The molecule has 39 heavy (non-hydrogen) atoms. The second-order valence-electron chi connectivity index (χ2n) is 9.81. The number of rotatable bonds is 6. The smallest absolute Gasteiger partial charge is 0.298 e. The lowest BCUT2D eigenvalue weighted by atomic mass is 10.0. The van der Waals surface area contributed by atoms with Crippen molar-refractivity contribution >= 4 is 23.5 Å². The van der Waals surface area contributed by atoms with E-state index in [9.17, 15) is 9.59 Å². The maximum absolute atomic E-state index is 13.4. The second-order valence-corrected chi connectivity index (χ2v) is 9.81. The fourth-order valence-electron chi connectivity index (χ4n) is 5.22. The van der Waals surface area contributed by atoms with Crippen molar-refractivity contribution in [2.45, 2.75) is 26.3 Å². The Morgan fingerprint density at radius 1 is 0.872 bits per heavy atom. The molecule has 2 aliphatic heterocycles. The number of carbonyl (C=O) groups is 2. The number of fused-ring (bicyclic) bond motifs is 1. The van der Waals surface area contributed by atoms with Crippen LogP contribution in [0.4, 0.5) is 11.8 Å². The van der Waals surface area contributed by atoms with Crippen LogP contribution in [0.3, 0.4) is 0 Å². The summed E-state index contributed by atoms with van der Waals surface area (Å²) >= 11 is 0. The Labute approximate surface area is 227 Å². The molecule has 9 heteroatoms. The summed E-state index contributed by atoms with van der Waals surface area (Å²) in [6.07, 6.45) is 4.16. The Balaban J connectivity index is 1.14. The van der Waals surface area contributed by atoms with E-state index < -0.39 is 0 Å². The van der Waals surface area contributed by atoms with E-state index in [-0.39, 0.29) is 11.7 Å². The Bertz CT molecular complexity index is 1480. The molecular weight excluding hydrogens is 492 g/mol. The van der Waals surface area contributed by atoms with Crippen LogP contribution >= 0.6 is 0 Å².